The largest absolute Gasteiger partial charge is 0.0947 e. The van der Waals surface area contributed by atoms with Crippen LogP contribution in [-0.4, -0.2) is 11.3 Å². The van der Waals surface area contributed by atoms with Gasteiger partial charge in [-0.25, -0.2) is 0 Å². The van der Waals surface area contributed by atoms with Crippen LogP contribution in [0.2, 0.25) is 0 Å². The standard InChI is InChI=1S/C45H57P/c1-44(2,38-11-7-5-8-12-38)40-16-15-29(27-41(40)45(3,4)39-13-9-6-10-14-39)28-46(42-34-19-30-17-31(21-34)22-35(42)20-30)43-36-23-32-18-33(25-36)26-37(43)24-32/h5-16,27,30-37,42-43H,17-26,28H2,1-4H3. The SMILES string of the molecule is CC(C)(c1ccccc1)c1ccc(CP(C2C3CC4CC(C3)CC2C4)C2C3CC4CC(C3)CC2C4)cc1C(C)(C)c1ccccc1. The van der Waals surface area contributed by atoms with Crippen LogP contribution in [0.25, 0.3) is 0 Å². The molecule has 0 aromatic heterocycles. The Morgan fingerprint density at radius 2 is 0.870 bits per heavy atom. The van der Waals surface area contributed by atoms with Crippen molar-refractivity contribution < 1.29 is 0 Å². The van der Waals surface area contributed by atoms with Crippen LogP contribution in [-0.2, 0) is 17.0 Å². The molecule has 0 spiro atoms. The van der Waals surface area contributed by atoms with E-state index < -0.39 is 0 Å². The Kier molecular flexibility index (Phi) is 7.43. The van der Waals surface area contributed by atoms with Crippen LogP contribution in [0.3, 0.4) is 0 Å². The Bertz CT molecular complexity index is 1450. The summed E-state index contributed by atoms with van der Waals surface area (Å²) >= 11 is 0. The van der Waals surface area contributed by atoms with Crippen molar-refractivity contribution in [2.45, 2.75) is 120 Å². The van der Waals surface area contributed by atoms with E-state index in [1.165, 1.54) is 22.9 Å². The zero-order valence-corrected chi connectivity index (χ0v) is 29.9. The summed E-state index contributed by atoms with van der Waals surface area (Å²) in [6.45, 7) is 9.89. The summed E-state index contributed by atoms with van der Waals surface area (Å²) < 4.78 is 0. The zero-order chi connectivity index (χ0) is 31.2. The molecule has 0 unspecified atom stereocenters. The molecular formula is C45H57P. The van der Waals surface area contributed by atoms with Crippen LogP contribution >= 0.6 is 7.92 Å². The zero-order valence-electron chi connectivity index (χ0n) is 29.0. The van der Waals surface area contributed by atoms with Crippen molar-refractivity contribution in [2.24, 2.45) is 47.3 Å². The molecule has 8 aliphatic carbocycles. The Balaban J connectivity index is 1.14. The van der Waals surface area contributed by atoms with E-state index >= 15 is 0 Å². The second-order valence-electron chi connectivity index (χ2n) is 18.4. The van der Waals surface area contributed by atoms with Gasteiger partial charge in [-0.1, -0.05) is 114 Å². The fourth-order valence-electron chi connectivity index (χ4n) is 13.3. The van der Waals surface area contributed by atoms with E-state index in [0.717, 1.165) is 58.7 Å². The maximum Gasteiger partial charge on any atom is 0.0149 e. The van der Waals surface area contributed by atoms with Crippen molar-refractivity contribution >= 4 is 7.92 Å². The molecule has 0 nitrogen and oxygen atoms in total. The van der Waals surface area contributed by atoms with Gasteiger partial charge < -0.3 is 0 Å². The third-order valence-corrected chi connectivity index (χ3v) is 18.9. The van der Waals surface area contributed by atoms with Crippen molar-refractivity contribution in [2.75, 3.05) is 0 Å². The van der Waals surface area contributed by atoms with Crippen LogP contribution in [0.5, 0.6) is 0 Å². The van der Waals surface area contributed by atoms with E-state index in [0.29, 0.717) is 0 Å². The molecule has 0 radical (unpaired) electrons. The summed E-state index contributed by atoms with van der Waals surface area (Å²) in [5.41, 5.74) is 9.55. The Hall–Kier alpha value is -1.91. The minimum Gasteiger partial charge on any atom is -0.0947 e. The summed E-state index contributed by atoms with van der Waals surface area (Å²) in [4.78, 5) is 0. The molecule has 3 aromatic carbocycles. The molecule has 242 valence electrons. The summed E-state index contributed by atoms with van der Waals surface area (Å²) in [5, 5.41) is 0. The summed E-state index contributed by atoms with van der Waals surface area (Å²) in [6.07, 6.45) is 17.2. The van der Waals surface area contributed by atoms with Crippen molar-refractivity contribution in [3.63, 3.8) is 0 Å². The summed E-state index contributed by atoms with van der Waals surface area (Å²) in [7, 11) is -0.0208. The predicted octanol–water partition coefficient (Wildman–Crippen LogP) is 12.0. The highest BCUT2D eigenvalue weighted by molar-refractivity contribution is 7.58. The smallest absolute Gasteiger partial charge is 0.0149 e. The van der Waals surface area contributed by atoms with E-state index in [1.54, 1.807) is 75.3 Å². The predicted molar refractivity (Wildman–Crippen MR) is 196 cm³/mol. The van der Waals surface area contributed by atoms with Crippen LogP contribution in [0.15, 0.2) is 78.9 Å². The van der Waals surface area contributed by atoms with Crippen molar-refractivity contribution in [1.82, 2.24) is 0 Å². The minimum atomic E-state index is -0.0628. The van der Waals surface area contributed by atoms with E-state index in [9.17, 15) is 0 Å². The topological polar surface area (TPSA) is 0 Å². The molecule has 0 atom stereocenters. The Morgan fingerprint density at radius 3 is 1.28 bits per heavy atom. The Morgan fingerprint density at radius 1 is 0.478 bits per heavy atom. The van der Waals surface area contributed by atoms with E-state index in [-0.39, 0.29) is 18.8 Å². The van der Waals surface area contributed by atoms with Gasteiger partial charge in [-0.05, 0) is 157 Å². The molecule has 0 saturated heterocycles. The fourth-order valence-corrected chi connectivity index (χ4v) is 17.8. The minimum absolute atomic E-state index is 0.0208. The molecule has 1 heteroatoms. The molecule has 46 heavy (non-hydrogen) atoms. The van der Waals surface area contributed by atoms with E-state index in [4.69, 9.17) is 0 Å². The van der Waals surface area contributed by atoms with Crippen molar-refractivity contribution in [3.05, 3.63) is 107 Å². The van der Waals surface area contributed by atoms with Gasteiger partial charge >= 0.3 is 0 Å². The quantitative estimate of drug-likeness (QED) is 0.218. The van der Waals surface area contributed by atoms with Gasteiger partial charge in [0.25, 0.3) is 0 Å². The lowest BCUT2D eigenvalue weighted by Gasteiger charge is -2.62. The van der Waals surface area contributed by atoms with Gasteiger partial charge in [-0.3, -0.25) is 0 Å². The summed E-state index contributed by atoms with van der Waals surface area (Å²) in [6, 6.07) is 30.6. The molecule has 3 aromatic rings. The monoisotopic (exact) mass is 628 g/mol. The fraction of sp³-hybridized carbons (Fsp3) is 0.600. The lowest BCUT2D eigenvalue weighted by Crippen LogP contribution is -2.52. The van der Waals surface area contributed by atoms with Crippen LogP contribution in [0, 0.1) is 47.3 Å². The highest BCUT2D eigenvalue weighted by Crippen LogP contribution is 2.72. The number of rotatable bonds is 8. The second kappa shape index (κ2) is 11.3. The van der Waals surface area contributed by atoms with Gasteiger partial charge in [0.2, 0.25) is 0 Å². The third kappa shape index (κ3) is 5.01. The highest BCUT2D eigenvalue weighted by atomic mass is 31.1. The average Bonchev–Trinajstić information content (AvgIpc) is 3.04. The first-order valence-corrected chi connectivity index (χ1v) is 20.9. The highest BCUT2D eigenvalue weighted by Gasteiger charge is 2.56. The van der Waals surface area contributed by atoms with Gasteiger partial charge in [-0.2, -0.15) is 0 Å². The van der Waals surface area contributed by atoms with Gasteiger partial charge in [0.15, 0.2) is 0 Å². The van der Waals surface area contributed by atoms with E-state index in [1.807, 2.05) is 0 Å². The normalized spacial score (nSPS) is 36.7. The lowest BCUT2D eigenvalue weighted by atomic mass is 9.55. The Labute approximate surface area is 281 Å². The van der Waals surface area contributed by atoms with Gasteiger partial charge in [0.05, 0.1) is 0 Å². The average molecular weight is 629 g/mol. The number of benzene rings is 3. The van der Waals surface area contributed by atoms with Gasteiger partial charge in [0.1, 0.15) is 0 Å². The molecule has 8 fully saturated rings. The molecule has 0 amide bonds. The second-order valence-corrected chi connectivity index (χ2v) is 20.9. The molecule has 8 aliphatic rings. The molecular weight excluding hydrogens is 571 g/mol. The molecule has 0 heterocycles. The molecule has 0 aliphatic heterocycles. The third-order valence-electron chi connectivity index (χ3n) is 14.9. The maximum atomic E-state index is 2.74. The van der Waals surface area contributed by atoms with Gasteiger partial charge in [-0.15, -0.1) is 0 Å². The van der Waals surface area contributed by atoms with Crippen molar-refractivity contribution in [1.29, 1.82) is 0 Å². The van der Waals surface area contributed by atoms with Gasteiger partial charge in [0, 0.05) is 10.8 Å². The first-order chi connectivity index (χ1) is 22.2. The lowest BCUT2D eigenvalue weighted by molar-refractivity contribution is 0.0129. The molecule has 11 rings (SSSR count). The van der Waals surface area contributed by atoms with Crippen LogP contribution in [0.4, 0.5) is 0 Å². The number of hydrogen-bond donors (Lipinski definition) is 0. The van der Waals surface area contributed by atoms with Crippen LogP contribution in [0.1, 0.15) is 120 Å². The molecule has 0 N–H and O–H groups in total. The first-order valence-electron chi connectivity index (χ1n) is 19.2. The van der Waals surface area contributed by atoms with E-state index in [2.05, 4.69) is 107 Å². The molecule has 8 bridgehead atoms. The molecule has 8 saturated carbocycles. The maximum absolute atomic E-state index is 2.74. The summed E-state index contributed by atoms with van der Waals surface area (Å²) in [5.74, 6) is 8.51. The van der Waals surface area contributed by atoms with Crippen molar-refractivity contribution in [3.8, 4) is 0 Å². The number of hydrogen-bond acceptors (Lipinski definition) is 0. The first kappa shape index (κ1) is 30.2. The van der Waals surface area contributed by atoms with Crippen LogP contribution < -0.4 is 0 Å².